The van der Waals surface area contributed by atoms with Crippen LogP contribution in [0.5, 0.6) is 0 Å². The molecule has 0 saturated heterocycles. The van der Waals surface area contributed by atoms with Crippen LogP contribution >= 0.6 is 35.3 Å². The minimum atomic E-state index is -0.416. The number of methoxy groups -OCH3 is 1. The Labute approximate surface area is 253 Å². The molecule has 7 nitrogen and oxygen atoms in total. The fraction of sp³-hybridized carbons (Fsp3) is 0.194. The van der Waals surface area contributed by atoms with Gasteiger partial charge in [-0.05, 0) is 60.1 Å². The summed E-state index contributed by atoms with van der Waals surface area (Å²) < 4.78 is 5.09. The Kier molecular flexibility index (Phi) is 9.68. The number of benzene rings is 3. The third kappa shape index (κ3) is 7.74. The van der Waals surface area contributed by atoms with E-state index in [0.29, 0.717) is 15.7 Å². The number of carbonyl (C=O) groups excluding carboxylic acids is 2. The van der Waals surface area contributed by atoms with Gasteiger partial charge in [0.1, 0.15) is 5.00 Å². The summed E-state index contributed by atoms with van der Waals surface area (Å²) in [5, 5.41) is 10.4. The standard InChI is InChI=1S/C31H30N4O3S3/c1-38-30(37)28-25-15-16-35(18-21-9-4-2-5-10-21)19-26(25)41-29(28)34-27(36)20-40-24-14-8-13-23(17-24)33-31(39)32-22-11-6-3-7-12-22/h2-14,17H,15-16,18-20H2,1H3,(H,34,36)(H2,32,33,39). The lowest BCUT2D eigenvalue weighted by Gasteiger charge is -2.27. The molecule has 4 aromatic rings. The third-order valence-corrected chi connectivity index (χ3v) is 8.85. The van der Waals surface area contributed by atoms with Crippen LogP contribution in [-0.2, 0) is 29.0 Å². The van der Waals surface area contributed by atoms with Crippen molar-refractivity contribution in [3.63, 3.8) is 0 Å². The zero-order chi connectivity index (χ0) is 28.6. The van der Waals surface area contributed by atoms with E-state index in [1.54, 1.807) is 0 Å². The number of hydrogen-bond acceptors (Lipinski definition) is 7. The van der Waals surface area contributed by atoms with E-state index in [0.717, 1.165) is 52.8 Å². The molecule has 1 amide bonds. The van der Waals surface area contributed by atoms with Crippen LogP contribution in [0.4, 0.5) is 16.4 Å². The monoisotopic (exact) mass is 602 g/mol. The molecule has 1 aliphatic rings. The van der Waals surface area contributed by atoms with Gasteiger partial charge in [-0.1, -0.05) is 54.6 Å². The minimum absolute atomic E-state index is 0.181. The van der Waals surface area contributed by atoms with Crippen LogP contribution in [0.25, 0.3) is 0 Å². The number of fused-ring (bicyclic) bond motifs is 1. The molecular formula is C31H30N4O3S3. The van der Waals surface area contributed by atoms with Crippen LogP contribution in [0.15, 0.2) is 89.8 Å². The number of esters is 1. The summed E-state index contributed by atoms with van der Waals surface area (Å²) in [5.41, 5.74) is 4.43. The molecule has 0 unspecified atom stereocenters. The van der Waals surface area contributed by atoms with Crippen molar-refractivity contribution in [2.45, 2.75) is 24.4 Å². The van der Waals surface area contributed by atoms with E-state index in [1.165, 1.54) is 35.8 Å². The summed E-state index contributed by atoms with van der Waals surface area (Å²) in [7, 11) is 1.38. The van der Waals surface area contributed by atoms with E-state index in [1.807, 2.05) is 72.8 Å². The van der Waals surface area contributed by atoms with Crippen LogP contribution in [0.2, 0.25) is 0 Å². The molecule has 5 rings (SSSR count). The van der Waals surface area contributed by atoms with Gasteiger partial charge in [0.2, 0.25) is 5.91 Å². The van der Waals surface area contributed by atoms with Gasteiger partial charge in [-0.25, -0.2) is 4.79 Å². The minimum Gasteiger partial charge on any atom is -0.465 e. The van der Waals surface area contributed by atoms with Crippen molar-refractivity contribution >= 4 is 68.7 Å². The second-order valence-corrected chi connectivity index (χ2v) is 12.0. The highest BCUT2D eigenvalue weighted by molar-refractivity contribution is 8.00. The molecule has 0 spiro atoms. The van der Waals surface area contributed by atoms with Crippen molar-refractivity contribution in [1.29, 1.82) is 0 Å². The van der Waals surface area contributed by atoms with Gasteiger partial charge in [0.15, 0.2) is 5.11 Å². The highest BCUT2D eigenvalue weighted by Crippen LogP contribution is 2.38. The number of hydrogen-bond donors (Lipinski definition) is 3. The first kappa shape index (κ1) is 28.8. The van der Waals surface area contributed by atoms with Gasteiger partial charge in [0.05, 0.1) is 18.4 Å². The Morgan fingerprint density at radius 1 is 0.951 bits per heavy atom. The molecule has 2 heterocycles. The van der Waals surface area contributed by atoms with Crippen LogP contribution in [0.3, 0.4) is 0 Å². The number of ether oxygens (including phenoxy) is 1. The average molecular weight is 603 g/mol. The van der Waals surface area contributed by atoms with Crippen LogP contribution < -0.4 is 16.0 Å². The fourth-order valence-electron chi connectivity index (χ4n) is 4.63. The number of carbonyl (C=O) groups is 2. The number of thiophene rings is 1. The molecule has 0 atom stereocenters. The van der Waals surface area contributed by atoms with Gasteiger partial charge in [0, 0.05) is 40.8 Å². The quantitative estimate of drug-likeness (QED) is 0.112. The molecule has 0 bridgehead atoms. The molecule has 0 aliphatic carbocycles. The number of thiocarbonyl (C=S) groups is 1. The SMILES string of the molecule is COC(=O)c1c(NC(=O)CSc2cccc(NC(=S)Nc3ccccc3)c2)sc2c1CCN(Cc1ccccc1)C2. The number of nitrogens with zero attached hydrogens (tertiary/aromatic N) is 1. The molecule has 0 fully saturated rings. The van der Waals surface area contributed by atoms with E-state index >= 15 is 0 Å². The van der Waals surface area contributed by atoms with E-state index in [9.17, 15) is 9.59 Å². The lowest BCUT2D eigenvalue weighted by atomic mass is 10.0. The smallest absolute Gasteiger partial charge is 0.341 e. The van der Waals surface area contributed by atoms with Crippen molar-refractivity contribution in [1.82, 2.24) is 4.90 Å². The van der Waals surface area contributed by atoms with Crippen molar-refractivity contribution in [2.75, 3.05) is 35.4 Å². The molecule has 1 aromatic heterocycles. The van der Waals surface area contributed by atoms with Crippen LogP contribution in [0.1, 0.15) is 26.4 Å². The summed E-state index contributed by atoms with van der Waals surface area (Å²) in [6, 6.07) is 27.8. The van der Waals surface area contributed by atoms with Crippen molar-refractivity contribution < 1.29 is 14.3 Å². The summed E-state index contributed by atoms with van der Waals surface area (Å²) in [6.45, 7) is 2.40. The van der Waals surface area contributed by atoms with Crippen molar-refractivity contribution in [3.8, 4) is 0 Å². The van der Waals surface area contributed by atoms with Gasteiger partial charge in [-0.15, -0.1) is 23.1 Å². The Bertz CT molecular complexity index is 1530. The molecular weight excluding hydrogens is 573 g/mol. The first-order chi connectivity index (χ1) is 20.0. The Morgan fingerprint density at radius 3 is 2.41 bits per heavy atom. The van der Waals surface area contributed by atoms with E-state index in [4.69, 9.17) is 17.0 Å². The zero-order valence-electron chi connectivity index (χ0n) is 22.5. The summed E-state index contributed by atoms with van der Waals surface area (Å²) in [5.74, 6) is -0.403. The fourth-order valence-corrected chi connectivity index (χ4v) is 6.91. The number of nitrogens with one attached hydrogen (secondary N) is 3. The Hall–Kier alpha value is -3.70. The molecule has 0 radical (unpaired) electrons. The second kappa shape index (κ2) is 13.8. The zero-order valence-corrected chi connectivity index (χ0v) is 25.0. The highest BCUT2D eigenvalue weighted by Gasteiger charge is 2.29. The van der Waals surface area contributed by atoms with Gasteiger partial charge in [-0.2, -0.15) is 0 Å². The highest BCUT2D eigenvalue weighted by atomic mass is 32.2. The number of amides is 1. The Balaban J connectivity index is 1.20. The van der Waals surface area contributed by atoms with E-state index < -0.39 is 5.97 Å². The summed E-state index contributed by atoms with van der Waals surface area (Å²) >= 11 is 8.31. The normalized spacial score (nSPS) is 12.7. The topological polar surface area (TPSA) is 82.7 Å². The van der Waals surface area contributed by atoms with E-state index in [2.05, 4.69) is 33.0 Å². The largest absolute Gasteiger partial charge is 0.465 e. The molecule has 3 N–H and O–H groups in total. The van der Waals surface area contributed by atoms with Gasteiger partial charge in [-0.3, -0.25) is 9.69 Å². The predicted molar refractivity (Wildman–Crippen MR) is 172 cm³/mol. The first-order valence-corrected chi connectivity index (χ1v) is 15.3. The maximum Gasteiger partial charge on any atom is 0.341 e. The van der Waals surface area contributed by atoms with Crippen LogP contribution in [0, 0.1) is 0 Å². The van der Waals surface area contributed by atoms with Gasteiger partial charge in [0.25, 0.3) is 0 Å². The molecule has 210 valence electrons. The third-order valence-electron chi connectivity index (χ3n) is 6.52. The molecule has 0 saturated carbocycles. The lowest BCUT2D eigenvalue weighted by Crippen LogP contribution is -2.29. The maximum absolute atomic E-state index is 13.0. The molecule has 41 heavy (non-hydrogen) atoms. The Morgan fingerprint density at radius 2 is 1.66 bits per heavy atom. The van der Waals surface area contributed by atoms with Gasteiger partial charge < -0.3 is 20.7 Å². The van der Waals surface area contributed by atoms with Crippen LogP contribution in [-0.4, -0.2) is 41.3 Å². The van der Waals surface area contributed by atoms with E-state index in [-0.39, 0.29) is 11.7 Å². The molecule has 3 aromatic carbocycles. The molecule has 1 aliphatic heterocycles. The average Bonchev–Trinajstić information content (AvgIpc) is 3.33. The van der Waals surface area contributed by atoms with Gasteiger partial charge >= 0.3 is 5.97 Å². The van der Waals surface area contributed by atoms with Crippen molar-refractivity contribution in [3.05, 3.63) is 106 Å². The van der Waals surface area contributed by atoms with Crippen molar-refractivity contribution in [2.24, 2.45) is 0 Å². The lowest BCUT2D eigenvalue weighted by molar-refractivity contribution is -0.113. The first-order valence-electron chi connectivity index (χ1n) is 13.1. The maximum atomic E-state index is 13.0. The summed E-state index contributed by atoms with van der Waals surface area (Å²) in [4.78, 5) is 30.1. The number of thioether (sulfide) groups is 1. The number of rotatable bonds is 9. The number of para-hydroxylation sites is 1. The molecule has 10 heteroatoms. The summed E-state index contributed by atoms with van der Waals surface area (Å²) in [6.07, 6.45) is 0.731. The predicted octanol–water partition coefficient (Wildman–Crippen LogP) is 6.63. The second-order valence-electron chi connectivity index (χ2n) is 9.46. The number of anilines is 3.